The summed E-state index contributed by atoms with van der Waals surface area (Å²) in [6, 6.07) is 7.89. The van der Waals surface area contributed by atoms with Crippen molar-refractivity contribution < 1.29 is 14.3 Å². The first-order valence-corrected chi connectivity index (χ1v) is 10.7. The summed E-state index contributed by atoms with van der Waals surface area (Å²) in [5, 5.41) is 5.59. The number of ether oxygens (including phenoxy) is 1. The monoisotopic (exact) mass is 423 g/mol. The molecule has 1 aromatic heterocycles. The maximum absolute atomic E-state index is 12.2. The number of nitrogens with zero attached hydrogens (tertiary/aromatic N) is 3. The second-order valence-corrected chi connectivity index (χ2v) is 8.04. The van der Waals surface area contributed by atoms with Crippen molar-refractivity contribution >= 4 is 23.2 Å². The molecular formula is C23H29N5O3. The molecule has 4 rings (SSSR count). The molecule has 8 nitrogen and oxygen atoms in total. The Morgan fingerprint density at radius 2 is 2.03 bits per heavy atom. The van der Waals surface area contributed by atoms with Crippen molar-refractivity contribution in [1.29, 1.82) is 0 Å². The van der Waals surface area contributed by atoms with E-state index in [1.807, 2.05) is 26.0 Å². The molecule has 2 N–H and O–H groups in total. The van der Waals surface area contributed by atoms with Crippen LogP contribution in [0.3, 0.4) is 0 Å². The highest BCUT2D eigenvalue weighted by molar-refractivity contribution is 5.98. The van der Waals surface area contributed by atoms with Gasteiger partial charge in [-0.25, -0.2) is 4.98 Å². The van der Waals surface area contributed by atoms with Crippen molar-refractivity contribution in [2.24, 2.45) is 0 Å². The Bertz CT molecular complexity index is 968. The molecule has 0 radical (unpaired) electrons. The highest BCUT2D eigenvalue weighted by Gasteiger charge is 2.28. The Hall–Kier alpha value is -3.13. The number of anilines is 2. The Kier molecular flexibility index (Phi) is 6.08. The zero-order chi connectivity index (χ0) is 22.0. The lowest BCUT2D eigenvalue weighted by molar-refractivity contribution is -0.123. The number of rotatable bonds is 5. The minimum Gasteiger partial charge on any atom is -0.478 e. The number of fused-ring (bicyclic) bond motifs is 1. The minimum absolute atomic E-state index is 0.0730. The van der Waals surface area contributed by atoms with Gasteiger partial charge in [0.2, 0.25) is 0 Å². The van der Waals surface area contributed by atoms with E-state index in [1.165, 1.54) is 5.56 Å². The van der Waals surface area contributed by atoms with E-state index in [9.17, 15) is 9.59 Å². The SMILES string of the molecule is CC[C@@H]1Oc2c(C)cc(CN3CCN(c4ccc(C(=O)NC)nc4)CC3)cc2NC1=O. The van der Waals surface area contributed by atoms with Crippen molar-refractivity contribution in [2.75, 3.05) is 43.4 Å². The molecule has 0 aliphatic carbocycles. The van der Waals surface area contributed by atoms with Gasteiger partial charge in [0.25, 0.3) is 11.8 Å². The smallest absolute Gasteiger partial charge is 0.269 e. The van der Waals surface area contributed by atoms with E-state index in [0.29, 0.717) is 12.1 Å². The summed E-state index contributed by atoms with van der Waals surface area (Å²) in [5.74, 6) is 0.535. The molecule has 1 saturated heterocycles. The Morgan fingerprint density at radius 1 is 1.26 bits per heavy atom. The molecule has 164 valence electrons. The molecule has 2 aliphatic rings. The molecular weight excluding hydrogens is 394 g/mol. The first-order chi connectivity index (χ1) is 15.0. The van der Waals surface area contributed by atoms with Crippen LogP contribution in [-0.2, 0) is 11.3 Å². The van der Waals surface area contributed by atoms with Gasteiger partial charge in [0, 0.05) is 39.8 Å². The zero-order valence-corrected chi connectivity index (χ0v) is 18.3. The normalized spacial score (nSPS) is 18.7. The number of carbonyl (C=O) groups is 2. The van der Waals surface area contributed by atoms with Crippen molar-refractivity contribution in [3.8, 4) is 5.75 Å². The van der Waals surface area contributed by atoms with Crippen molar-refractivity contribution in [3.05, 3.63) is 47.3 Å². The summed E-state index contributed by atoms with van der Waals surface area (Å²) in [7, 11) is 1.60. The average Bonchev–Trinajstić information content (AvgIpc) is 2.79. The molecule has 0 saturated carbocycles. The number of amides is 2. The van der Waals surface area contributed by atoms with Gasteiger partial charge in [0.05, 0.1) is 17.6 Å². The van der Waals surface area contributed by atoms with Crippen LogP contribution in [0.1, 0.15) is 35.0 Å². The summed E-state index contributed by atoms with van der Waals surface area (Å²) < 4.78 is 5.90. The molecule has 0 bridgehead atoms. The molecule has 2 aliphatic heterocycles. The van der Waals surface area contributed by atoms with Gasteiger partial charge in [-0.05, 0) is 42.7 Å². The second-order valence-electron chi connectivity index (χ2n) is 8.04. The first kappa shape index (κ1) is 21.1. The maximum atomic E-state index is 12.2. The molecule has 0 unspecified atom stereocenters. The highest BCUT2D eigenvalue weighted by atomic mass is 16.5. The fourth-order valence-corrected chi connectivity index (χ4v) is 4.12. The van der Waals surface area contributed by atoms with Gasteiger partial charge in [-0.15, -0.1) is 0 Å². The number of aromatic nitrogens is 1. The standard InChI is InChI=1S/C23H29N5O3/c1-4-20-23(30)26-19-12-16(11-15(2)21(19)31-20)14-27-7-9-28(10-8-27)17-5-6-18(25-13-17)22(29)24-3/h5-6,11-13,20H,4,7-10,14H2,1-3H3,(H,24,29)(H,26,30)/t20-/m0/s1. The summed E-state index contributed by atoms with van der Waals surface area (Å²) in [6.45, 7) is 8.43. The molecule has 1 fully saturated rings. The fourth-order valence-electron chi connectivity index (χ4n) is 4.12. The van der Waals surface area contributed by atoms with E-state index in [0.717, 1.165) is 55.4 Å². The Balaban J connectivity index is 1.37. The first-order valence-electron chi connectivity index (χ1n) is 10.7. The number of piperazine rings is 1. The van der Waals surface area contributed by atoms with E-state index in [4.69, 9.17) is 4.74 Å². The molecule has 1 aromatic carbocycles. The minimum atomic E-state index is -0.412. The Labute approximate surface area is 182 Å². The van der Waals surface area contributed by atoms with Crippen LogP contribution in [0.4, 0.5) is 11.4 Å². The number of nitrogens with one attached hydrogen (secondary N) is 2. The second kappa shape index (κ2) is 8.93. The van der Waals surface area contributed by atoms with Crippen LogP contribution < -0.4 is 20.3 Å². The van der Waals surface area contributed by atoms with E-state index in [-0.39, 0.29) is 11.8 Å². The maximum Gasteiger partial charge on any atom is 0.269 e. The molecule has 31 heavy (non-hydrogen) atoms. The summed E-state index contributed by atoms with van der Waals surface area (Å²) in [6.07, 6.45) is 2.00. The van der Waals surface area contributed by atoms with Crippen LogP contribution in [0, 0.1) is 6.92 Å². The van der Waals surface area contributed by atoms with Crippen LogP contribution >= 0.6 is 0 Å². The number of hydrogen-bond donors (Lipinski definition) is 2. The average molecular weight is 424 g/mol. The highest BCUT2D eigenvalue weighted by Crippen LogP contribution is 2.35. The lowest BCUT2D eigenvalue weighted by atomic mass is 10.1. The number of pyridine rings is 1. The van der Waals surface area contributed by atoms with Crippen LogP contribution in [0.15, 0.2) is 30.5 Å². The topological polar surface area (TPSA) is 86.8 Å². The third kappa shape index (κ3) is 4.49. The van der Waals surface area contributed by atoms with Crippen LogP contribution in [-0.4, -0.2) is 61.0 Å². The van der Waals surface area contributed by atoms with Crippen LogP contribution in [0.5, 0.6) is 5.75 Å². The van der Waals surface area contributed by atoms with Crippen molar-refractivity contribution in [3.63, 3.8) is 0 Å². The summed E-state index contributed by atoms with van der Waals surface area (Å²) in [5.41, 5.74) is 4.44. The number of carbonyl (C=O) groups excluding carboxylic acids is 2. The van der Waals surface area contributed by atoms with Crippen molar-refractivity contribution in [1.82, 2.24) is 15.2 Å². The van der Waals surface area contributed by atoms with E-state index in [1.54, 1.807) is 19.3 Å². The molecule has 2 aromatic rings. The molecule has 1 atom stereocenters. The van der Waals surface area contributed by atoms with Gasteiger partial charge in [0.15, 0.2) is 6.10 Å². The third-order valence-electron chi connectivity index (χ3n) is 5.87. The molecule has 0 spiro atoms. The Morgan fingerprint density at radius 3 is 2.68 bits per heavy atom. The van der Waals surface area contributed by atoms with Crippen LogP contribution in [0.2, 0.25) is 0 Å². The quantitative estimate of drug-likeness (QED) is 0.767. The molecule has 3 heterocycles. The summed E-state index contributed by atoms with van der Waals surface area (Å²) >= 11 is 0. The van der Waals surface area contributed by atoms with E-state index in [2.05, 4.69) is 31.5 Å². The number of aryl methyl sites for hydroxylation is 1. The predicted molar refractivity (Wildman–Crippen MR) is 120 cm³/mol. The predicted octanol–water partition coefficient (Wildman–Crippen LogP) is 2.18. The summed E-state index contributed by atoms with van der Waals surface area (Å²) in [4.78, 5) is 32.8. The zero-order valence-electron chi connectivity index (χ0n) is 18.3. The number of benzene rings is 1. The van der Waals surface area contributed by atoms with Gasteiger partial charge in [-0.2, -0.15) is 0 Å². The largest absolute Gasteiger partial charge is 0.478 e. The third-order valence-corrected chi connectivity index (χ3v) is 5.87. The van der Waals surface area contributed by atoms with Crippen LogP contribution in [0.25, 0.3) is 0 Å². The van der Waals surface area contributed by atoms with E-state index >= 15 is 0 Å². The lowest BCUT2D eigenvalue weighted by Gasteiger charge is -2.36. The van der Waals surface area contributed by atoms with Crippen molar-refractivity contribution in [2.45, 2.75) is 32.9 Å². The van der Waals surface area contributed by atoms with Gasteiger partial charge in [-0.1, -0.05) is 13.0 Å². The van der Waals surface area contributed by atoms with Gasteiger partial charge >= 0.3 is 0 Å². The fraction of sp³-hybridized carbons (Fsp3) is 0.435. The van der Waals surface area contributed by atoms with Gasteiger partial charge < -0.3 is 20.3 Å². The molecule has 8 heteroatoms. The van der Waals surface area contributed by atoms with Gasteiger partial charge in [0.1, 0.15) is 11.4 Å². The number of hydrogen-bond acceptors (Lipinski definition) is 6. The van der Waals surface area contributed by atoms with E-state index < -0.39 is 6.10 Å². The van der Waals surface area contributed by atoms with Gasteiger partial charge in [-0.3, -0.25) is 14.5 Å². The lowest BCUT2D eigenvalue weighted by Crippen LogP contribution is -2.46. The molecule has 2 amide bonds.